The minimum absolute atomic E-state index is 0.00786. The molecule has 0 unspecified atom stereocenters. The van der Waals surface area contributed by atoms with Crippen LogP contribution in [0.5, 0.6) is 0 Å². The second-order valence-electron chi connectivity index (χ2n) is 6.31. The van der Waals surface area contributed by atoms with Gasteiger partial charge in [-0.1, -0.05) is 19.9 Å². The van der Waals surface area contributed by atoms with Gasteiger partial charge in [-0.15, -0.1) is 0 Å². The Balaban J connectivity index is 2.28. The molecule has 28 heavy (non-hydrogen) atoms. The molecule has 1 aromatic heterocycles. The van der Waals surface area contributed by atoms with E-state index in [1.54, 1.807) is 12.1 Å². The van der Waals surface area contributed by atoms with E-state index in [1.807, 2.05) is 26.0 Å². The number of primary amides is 1. The molecule has 0 aliphatic carbocycles. The highest BCUT2D eigenvalue weighted by Crippen LogP contribution is 2.22. The van der Waals surface area contributed by atoms with E-state index in [-0.39, 0.29) is 23.3 Å². The van der Waals surface area contributed by atoms with E-state index in [2.05, 4.69) is 31.1 Å². The van der Waals surface area contributed by atoms with Gasteiger partial charge in [0.15, 0.2) is 0 Å². The molecule has 8 N–H and O–H groups in total. The fourth-order valence-electron chi connectivity index (χ4n) is 2.34. The molecule has 2 aromatic rings. The zero-order valence-electron chi connectivity index (χ0n) is 15.8. The molecule has 10 heteroatoms. The summed E-state index contributed by atoms with van der Waals surface area (Å²) in [5, 5.41) is 17.1. The normalized spacial score (nSPS) is 12.0. The monoisotopic (exact) mass is 383 g/mol. The molecule has 1 heterocycles. The van der Waals surface area contributed by atoms with Crippen molar-refractivity contribution >= 4 is 41.5 Å². The number of aromatic nitrogens is 2. The van der Waals surface area contributed by atoms with Crippen molar-refractivity contribution in [2.45, 2.75) is 19.9 Å². The van der Waals surface area contributed by atoms with Crippen LogP contribution in [0, 0.1) is 11.3 Å². The number of nitrogens with two attached hydrogens (primary N) is 2. The third-order valence-corrected chi connectivity index (χ3v) is 3.90. The fourth-order valence-corrected chi connectivity index (χ4v) is 2.34. The summed E-state index contributed by atoms with van der Waals surface area (Å²) in [7, 11) is 0. The molecule has 10 nitrogen and oxygen atoms in total. The van der Waals surface area contributed by atoms with Gasteiger partial charge in [-0.2, -0.15) is 10.1 Å². The van der Waals surface area contributed by atoms with Gasteiger partial charge in [0.1, 0.15) is 11.4 Å². The number of nitrogens with one attached hydrogen (secondary N) is 4. The third-order valence-electron chi connectivity index (χ3n) is 3.90. The van der Waals surface area contributed by atoms with E-state index >= 15 is 0 Å². The van der Waals surface area contributed by atoms with Crippen molar-refractivity contribution < 1.29 is 4.79 Å². The Kier molecular flexibility index (Phi) is 7.40. The Morgan fingerprint density at radius 1 is 1.36 bits per heavy atom. The van der Waals surface area contributed by atoms with Crippen molar-refractivity contribution in [2.75, 3.05) is 22.6 Å². The number of anilines is 4. The highest BCUT2D eigenvalue weighted by molar-refractivity contribution is 6.14. The van der Waals surface area contributed by atoms with Gasteiger partial charge in [0.2, 0.25) is 5.95 Å². The van der Waals surface area contributed by atoms with Crippen LogP contribution in [0.1, 0.15) is 24.2 Å². The van der Waals surface area contributed by atoms with Gasteiger partial charge in [0, 0.05) is 30.7 Å². The van der Waals surface area contributed by atoms with E-state index in [9.17, 15) is 4.79 Å². The summed E-state index contributed by atoms with van der Waals surface area (Å²) < 4.78 is 0. The Hall–Kier alpha value is -3.53. The zero-order valence-corrected chi connectivity index (χ0v) is 15.8. The molecule has 0 spiro atoms. The molecule has 0 saturated heterocycles. The second-order valence-corrected chi connectivity index (χ2v) is 6.31. The first-order valence-corrected chi connectivity index (χ1v) is 8.73. The molecule has 0 bridgehead atoms. The number of carbonyl (C=O) groups is 1. The van der Waals surface area contributed by atoms with Gasteiger partial charge in [-0.05, 0) is 24.1 Å². The number of rotatable bonds is 10. The van der Waals surface area contributed by atoms with Gasteiger partial charge < -0.3 is 27.5 Å². The van der Waals surface area contributed by atoms with E-state index < -0.39 is 5.91 Å². The maximum absolute atomic E-state index is 11.8. The van der Waals surface area contributed by atoms with Crippen molar-refractivity contribution in [2.24, 2.45) is 22.5 Å². The Bertz CT molecular complexity index is 851. The number of hydrogen-bond acceptors (Lipinski definition) is 9. The number of benzene rings is 1. The molecule has 0 radical (unpaired) electrons. The average Bonchev–Trinajstić information content (AvgIpc) is 2.66. The molecular formula is C18H25N9O. The predicted molar refractivity (Wildman–Crippen MR) is 112 cm³/mol. The summed E-state index contributed by atoms with van der Waals surface area (Å²) in [6.07, 6.45) is 3.76. The first kappa shape index (κ1) is 20.8. The van der Waals surface area contributed by atoms with Crippen molar-refractivity contribution in [1.29, 1.82) is 5.41 Å². The summed E-state index contributed by atoms with van der Waals surface area (Å²) in [6.45, 7) is 4.51. The first-order valence-electron chi connectivity index (χ1n) is 8.73. The van der Waals surface area contributed by atoms with Crippen molar-refractivity contribution in [3.05, 3.63) is 36.0 Å². The number of amides is 1. The lowest BCUT2D eigenvalue weighted by molar-refractivity contribution is 0.100. The van der Waals surface area contributed by atoms with Gasteiger partial charge in [0.25, 0.3) is 5.91 Å². The standard InChI is InChI=1S/C18H25N9O/c1-11(2)15(9-20)25-18-22-10-14(16(21)28)17(26-18)24-12-4-3-5-13(8-12)27-23-7-6-19/h3-8,10-11,15,19,27H,9,20H2,1-2H3,(H2,21,28)(H2,22,24,25,26)/b19-6?,23-7-/t15-/m0/s1. The number of hydrazone groups is 1. The predicted octanol–water partition coefficient (Wildman–Crippen LogP) is 1.76. The largest absolute Gasteiger partial charge is 0.365 e. The molecule has 0 aliphatic rings. The van der Waals surface area contributed by atoms with Crippen LogP contribution in [0.2, 0.25) is 0 Å². The molecule has 148 valence electrons. The van der Waals surface area contributed by atoms with Crippen LogP contribution in [0.3, 0.4) is 0 Å². The van der Waals surface area contributed by atoms with Crippen molar-refractivity contribution in [3.63, 3.8) is 0 Å². The quantitative estimate of drug-likeness (QED) is 0.268. The highest BCUT2D eigenvalue weighted by Gasteiger charge is 2.16. The van der Waals surface area contributed by atoms with E-state index in [4.69, 9.17) is 16.9 Å². The first-order chi connectivity index (χ1) is 13.4. The Morgan fingerprint density at radius 3 is 2.75 bits per heavy atom. The SMILES string of the molecule is CC(C)[C@H](CN)Nc1ncc(C(N)=O)c(Nc2cccc(N/N=C\C=N)c2)n1. The van der Waals surface area contributed by atoms with Crippen LogP contribution in [0.4, 0.5) is 23.1 Å². The minimum Gasteiger partial charge on any atom is -0.365 e. The minimum atomic E-state index is -0.641. The van der Waals surface area contributed by atoms with Gasteiger partial charge in [-0.3, -0.25) is 10.2 Å². The smallest absolute Gasteiger partial charge is 0.254 e. The van der Waals surface area contributed by atoms with Crippen molar-refractivity contribution in [3.8, 4) is 0 Å². The van der Waals surface area contributed by atoms with E-state index in [1.165, 1.54) is 12.4 Å². The van der Waals surface area contributed by atoms with Gasteiger partial charge in [-0.25, -0.2) is 4.98 Å². The lowest BCUT2D eigenvalue weighted by Gasteiger charge is -2.21. The van der Waals surface area contributed by atoms with Crippen LogP contribution < -0.4 is 27.5 Å². The maximum atomic E-state index is 11.8. The zero-order chi connectivity index (χ0) is 20.5. The fraction of sp³-hybridized carbons (Fsp3) is 0.278. The van der Waals surface area contributed by atoms with Crippen LogP contribution >= 0.6 is 0 Å². The van der Waals surface area contributed by atoms with E-state index in [0.717, 1.165) is 6.21 Å². The highest BCUT2D eigenvalue weighted by atomic mass is 16.1. The van der Waals surface area contributed by atoms with Crippen molar-refractivity contribution in [1.82, 2.24) is 9.97 Å². The number of carbonyl (C=O) groups excluding carboxylic acids is 1. The molecule has 1 aromatic carbocycles. The molecule has 1 amide bonds. The summed E-state index contributed by atoms with van der Waals surface area (Å²) in [5.41, 5.74) is 15.6. The molecular weight excluding hydrogens is 358 g/mol. The van der Waals surface area contributed by atoms with E-state index in [0.29, 0.717) is 23.9 Å². The lowest BCUT2D eigenvalue weighted by atomic mass is 10.1. The van der Waals surface area contributed by atoms with Crippen LogP contribution in [-0.2, 0) is 0 Å². The lowest BCUT2D eigenvalue weighted by Crippen LogP contribution is -2.34. The summed E-state index contributed by atoms with van der Waals surface area (Å²) in [6, 6.07) is 7.19. The van der Waals surface area contributed by atoms with Gasteiger partial charge in [0.05, 0.1) is 11.9 Å². The second kappa shape index (κ2) is 9.97. The van der Waals surface area contributed by atoms with Crippen LogP contribution in [0.15, 0.2) is 35.6 Å². The number of hydrogen-bond donors (Lipinski definition) is 6. The topological polar surface area (TPSA) is 167 Å². The summed E-state index contributed by atoms with van der Waals surface area (Å²) in [4.78, 5) is 20.3. The van der Waals surface area contributed by atoms with Gasteiger partial charge >= 0.3 is 0 Å². The molecule has 2 rings (SSSR count). The molecule has 0 saturated carbocycles. The number of nitrogens with zero attached hydrogens (tertiary/aromatic N) is 3. The average molecular weight is 383 g/mol. The third kappa shape index (κ3) is 5.74. The van der Waals surface area contributed by atoms with Crippen LogP contribution in [-0.4, -0.2) is 40.9 Å². The molecule has 0 fully saturated rings. The summed E-state index contributed by atoms with van der Waals surface area (Å²) in [5.74, 6) is 0.273. The Labute approximate surface area is 163 Å². The Morgan fingerprint density at radius 2 is 2.11 bits per heavy atom. The molecule has 0 aliphatic heterocycles. The van der Waals surface area contributed by atoms with Crippen LogP contribution in [0.25, 0.3) is 0 Å². The summed E-state index contributed by atoms with van der Waals surface area (Å²) >= 11 is 0. The maximum Gasteiger partial charge on any atom is 0.254 e. The molecule has 1 atom stereocenters.